The molecule has 2 aromatic rings. The molecule has 17 heavy (non-hydrogen) atoms. The summed E-state index contributed by atoms with van der Waals surface area (Å²) in [7, 11) is 0. The first kappa shape index (κ1) is 11.2. The van der Waals surface area contributed by atoms with E-state index in [1.807, 2.05) is 0 Å². The summed E-state index contributed by atoms with van der Waals surface area (Å²) in [4.78, 5) is 10.0. The second-order valence-electron chi connectivity index (χ2n) is 3.20. The van der Waals surface area contributed by atoms with Crippen LogP contribution in [-0.2, 0) is 16.0 Å². The minimum Gasteiger partial charge on any atom is -0.467 e. The smallest absolute Gasteiger partial charge is 0.293 e. The van der Waals surface area contributed by atoms with Crippen molar-refractivity contribution >= 4 is 6.47 Å². The van der Waals surface area contributed by atoms with Gasteiger partial charge in [0.2, 0.25) is 0 Å². The van der Waals surface area contributed by atoms with E-state index in [-0.39, 0.29) is 12.4 Å². The molecule has 0 saturated heterocycles. The fraction of sp³-hybridized carbons (Fsp3) is 0.200. The number of benzene rings is 1. The normalized spacial score (nSPS) is 10.2. The summed E-state index contributed by atoms with van der Waals surface area (Å²) in [6.45, 7) is 0.567. The summed E-state index contributed by atoms with van der Waals surface area (Å²) in [6.07, 6.45) is 0.392. The van der Waals surface area contributed by atoms with Crippen LogP contribution in [0.25, 0.3) is 5.69 Å². The highest BCUT2D eigenvalue weighted by atomic mass is 19.1. The summed E-state index contributed by atoms with van der Waals surface area (Å²) in [6, 6.07) is 5.77. The molecule has 0 aliphatic heterocycles. The molecule has 0 aliphatic carbocycles. The summed E-state index contributed by atoms with van der Waals surface area (Å²) in [5.74, 6) is 0.214. The lowest BCUT2D eigenvalue weighted by atomic mass is 10.3. The van der Waals surface area contributed by atoms with Gasteiger partial charge in [0, 0.05) is 6.42 Å². The summed E-state index contributed by atoms with van der Waals surface area (Å²) >= 11 is 0. The molecule has 0 spiro atoms. The van der Waals surface area contributed by atoms with Crippen molar-refractivity contribution < 1.29 is 13.9 Å². The van der Waals surface area contributed by atoms with Crippen LogP contribution in [-0.4, -0.2) is 33.3 Å². The Morgan fingerprint density at radius 1 is 1.35 bits per heavy atom. The summed E-state index contributed by atoms with van der Waals surface area (Å²) in [5.41, 5.74) is 0.650. The first-order chi connectivity index (χ1) is 8.31. The van der Waals surface area contributed by atoms with Gasteiger partial charge in [0.25, 0.3) is 6.47 Å². The molecule has 2 rings (SSSR count). The topological polar surface area (TPSA) is 69.9 Å². The fourth-order valence-electron chi connectivity index (χ4n) is 1.34. The Morgan fingerprint density at radius 2 is 2.12 bits per heavy atom. The van der Waals surface area contributed by atoms with E-state index < -0.39 is 0 Å². The maximum Gasteiger partial charge on any atom is 0.293 e. The van der Waals surface area contributed by atoms with Gasteiger partial charge < -0.3 is 4.74 Å². The maximum atomic E-state index is 12.8. The van der Waals surface area contributed by atoms with Gasteiger partial charge in [-0.15, -0.1) is 5.10 Å². The predicted octanol–water partition coefficient (Wildman–Crippen LogP) is 0.517. The highest BCUT2D eigenvalue weighted by Crippen LogP contribution is 2.09. The average Bonchev–Trinajstić information content (AvgIpc) is 2.79. The van der Waals surface area contributed by atoms with Gasteiger partial charge in [-0.1, -0.05) is 0 Å². The molecular weight excluding hydrogens is 227 g/mol. The first-order valence-corrected chi connectivity index (χ1v) is 4.89. The molecule has 0 fully saturated rings. The van der Waals surface area contributed by atoms with Gasteiger partial charge in [-0.2, -0.15) is 4.68 Å². The number of hydrogen-bond acceptors (Lipinski definition) is 5. The third-order valence-electron chi connectivity index (χ3n) is 2.12. The Kier molecular flexibility index (Phi) is 3.39. The van der Waals surface area contributed by atoms with Gasteiger partial charge in [0.05, 0.1) is 12.3 Å². The molecule has 0 saturated carbocycles. The monoisotopic (exact) mass is 236 g/mol. The number of hydrogen-bond donors (Lipinski definition) is 0. The van der Waals surface area contributed by atoms with Crippen molar-refractivity contribution in [3.05, 3.63) is 35.9 Å². The fourth-order valence-corrected chi connectivity index (χ4v) is 1.34. The van der Waals surface area contributed by atoms with E-state index in [9.17, 15) is 9.18 Å². The maximum absolute atomic E-state index is 12.8. The van der Waals surface area contributed by atoms with Crippen LogP contribution < -0.4 is 0 Å². The van der Waals surface area contributed by atoms with Crippen LogP contribution in [0.4, 0.5) is 4.39 Å². The number of aromatic nitrogens is 4. The minimum atomic E-state index is -0.326. The lowest BCUT2D eigenvalue weighted by Gasteiger charge is -2.03. The van der Waals surface area contributed by atoms with Gasteiger partial charge in [-0.25, -0.2) is 4.39 Å². The quantitative estimate of drug-likeness (QED) is 0.559. The highest BCUT2D eigenvalue weighted by Gasteiger charge is 2.08. The minimum absolute atomic E-state index is 0.199. The molecule has 0 bridgehead atoms. The van der Waals surface area contributed by atoms with Gasteiger partial charge in [-0.3, -0.25) is 4.79 Å². The highest BCUT2D eigenvalue weighted by molar-refractivity contribution is 5.37. The molecule has 1 aromatic carbocycles. The molecule has 0 amide bonds. The van der Waals surface area contributed by atoms with Crippen LogP contribution in [0, 0.1) is 5.82 Å². The summed E-state index contributed by atoms with van der Waals surface area (Å²) < 4.78 is 18.8. The van der Waals surface area contributed by atoms with Crippen molar-refractivity contribution in [2.75, 3.05) is 6.61 Å². The van der Waals surface area contributed by atoms with E-state index in [1.54, 1.807) is 12.1 Å². The zero-order chi connectivity index (χ0) is 12.1. The average molecular weight is 236 g/mol. The molecule has 6 nitrogen and oxygen atoms in total. The molecule has 0 N–H and O–H groups in total. The molecular formula is C10H9FN4O2. The van der Waals surface area contributed by atoms with E-state index in [0.717, 1.165) is 0 Å². The number of carbonyl (C=O) groups excluding carboxylic acids is 1. The van der Waals surface area contributed by atoms with Crippen LogP contribution >= 0.6 is 0 Å². The molecule has 7 heteroatoms. The Balaban J connectivity index is 2.18. The molecule has 1 heterocycles. The van der Waals surface area contributed by atoms with Crippen molar-refractivity contribution in [3.8, 4) is 5.69 Å². The Morgan fingerprint density at radius 3 is 2.82 bits per heavy atom. The lowest BCUT2D eigenvalue weighted by molar-refractivity contribution is -0.128. The molecule has 88 valence electrons. The van der Waals surface area contributed by atoms with Gasteiger partial charge in [-0.05, 0) is 34.7 Å². The van der Waals surface area contributed by atoms with Crippen molar-refractivity contribution in [2.24, 2.45) is 0 Å². The number of tetrazole rings is 1. The van der Waals surface area contributed by atoms with Crippen molar-refractivity contribution in [1.29, 1.82) is 0 Å². The number of nitrogens with zero attached hydrogens (tertiary/aromatic N) is 4. The van der Waals surface area contributed by atoms with Crippen LogP contribution in [0.2, 0.25) is 0 Å². The van der Waals surface area contributed by atoms with Crippen LogP contribution in [0.1, 0.15) is 5.82 Å². The molecule has 0 atom stereocenters. The third kappa shape index (κ3) is 2.63. The summed E-state index contributed by atoms with van der Waals surface area (Å²) in [5, 5.41) is 11.1. The third-order valence-corrected chi connectivity index (χ3v) is 2.12. The molecule has 0 aliphatic rings. The number of ether oxygens (including phenoxy) is 1. The lowest BCUT2D eigenvalue weighted by Crippen LogP contribution is -2.06. The zero-order valence-electron chi connectivity index (χ0n) is 8.78. The van der Waals surface area contributed by atoms with Crippen molar-refractivity contribution in [3.63, 3.8) is 0 Å². The predicted molar refractivity (Wildman–Crippen MR) is 54.8 cm³/mol. The number of halogens is 1. The largest absolute Gasteiger partial charge is 0.467 e. The van der Waals surface area contributed by atoms with Crippen LogP contribution in [0.5, 0.6) is 0 Å². The number of carbonyl (C=O) groups is 1. The first-order valence-electron chi connectivity index (χ1n) is 4.89. The molecule has 1 aromatic heterocycles. The van der Waals surface area contributed by atoms with Gasteiger partial charge >= 0.3 is 0 Å². The second kappa shape index (κ2) is 5.15. The second-order valence-corrected chi connectivity index (χ2v) is 3.20. The zero-order valence-corrected chi connectivity index (χ0v) is 8.78. The molecule has 0 radical (unpaired) electrons. The standard InChI is InChI=1S/C10H9FN4O2/c11-8-1-3-9(4-2-8)15-10(12-13-14-15)5-6-17-7-16/h1-4,7H,5-6H2. The van der Waals surface area contributed by atoms with E-state index in [4.69, 9.17) is 0 Å². The van der Waals surface area contributed by atoms with Crippen molar-refractivity contribution in [2.45, 2.75) is 6.42 Å². The Bertz CT molecular complexity index is 497. The van der Waals surface area contributed by atoms with E-state index in [0.29, 0.717) is 24.4 Å². The Hall–Kier alpha value is -2.31. The van der Waals surface area contributed by atoms with Crippen molar-refractivity contribution in [1.82, 2.24) is 20.2 Å². The van der Waals surface area contributed by atoms with Crippen LogP contribution in [0.3, 0.4) is 0 Å². The van der Waals surface area contributed by atoms with Gasteiger partial charge in [0.15, 0.2) is 5.82 Å². The number of rotatable bonds is 5. The van der Waals surface area contributed by atoms with E-state index >= 15 is 0 Å². The Labute approximate surface area is 96.0 Å². The van der Waals surface area contributed by atoms with Crippen LogP contribution in [0.15, 0.2) is 24.3 Å². The SMILES string of the molecule is O=COCCc1nnnn1-c1ccc(F)cc1. The molecule has 0 unspecified atom stereocenters. The van der Waals surface area contributed by atoms with Gasteiger partial charge in [0.1, 0.15) is 5.82 Å². The van der Waals surface area contributed by atoms with E-state index in [1.165, 1.54) is 16.8 Å². The van der Waals surface area contributed by atoms with E-state index in [2.05, 4.69) is 20.3 Å².